The van der Waals surface area contributed by atoms with Crippen molar-refractivity contribution in [3.05, 3.63) is 77.9 Å². The van der Waals surface area contributed by atoms with Crippen LogP contribution >= 0.6 is 0 Å². The predicted molar refractivity (Wildman–Crippen MR) is 105 cm³/mol. The van der Waals surface area contributed by atoms with Crippen molar-refractivity contribution in [2.75, 3.05) is 4.90 Å². The lowest BCUT2D eigenvalue weighted by molar-refractivity contribution is 0.621. The second-order valence-corrected chi connectivity index (χ2v) is 6.57. The monoisotopic (exact) mass is 339 g/mol. The molecule has 5 rings (SSSR count). The van der Waals surface area contributed by atoms with Gasteiger partial charge in [0.15, 0.2) is 5.69 Å². The van der Waals surface area contributed by atoms with E-state index in [1.165, 1.54) is 5.56 Å². The van der Waals surface area contributed by atoms with Crippen LogP contribution in [-0.2, 0) is 0 Å². The molecule has 0 radical (unpaired) electrons. The summed E-state index contributed by atoms with van der Waals surface area (Å²) in [5.41, 5.74) is 6.75. The zero-order valence-corrected chi connectivity index (χ0v) is 14.6. The fourth-order valence-electron chi connectivity index (χ4n) is 3.44. The lowest BCUT2D eigenvalue weighted by Gasteiger charge is -2.24. The van der Waals surface area contributed by atoms with Crippen LogP contribution in [0, 0.1) is 13.8 Å². The van der Waals surface area contributed by atoms with Crippen molar-refractivity contribution in [3.8, 4) is 0 Å². The molecule has 1 aliphatic heterocycles. The van der Waals surface area contributed by atoms with Gasteiger partial charge in [-0.05, 0) is 49.7 Å². The molecule has 0 bridgehead atoms. The molecule has 0 saturated carbocycles. The van der Waals surface area contributed by atoms with Gasteiger partial charge in [0.05, 0.1) is 16.8 Å². The SMILES string of the molecule is Cc1ccc2oc3c(c2c1)N=Nc1ccccc1N3c1ccccc1C. The van der Waals surface area contributed by atoms with Crippen molar-refractivity contribution >= 4 is 39.6 Å². The number of para-hydroxylation sites is 2. The third-order valence-corrected chi connectivity index (χ3v) is 4.74. The van der Waals surface area contributed by atoms with Crippen LogP contribution in [0.4, 0.5) is 28.6 Å². The fraction of sp³-hybridized carbons (Fsp3) is 0.0909. The molecule has 0 amide bonds. The minimum Gasteiger partial charge on any atom is -0.437 e. The molecule has 4 aromatic rings. The summed E-state index contributed by atoms with van der Waals surface area (Å²) in [7, 11) is 0. The number of hydrogen-bond acceptors (Lipinski definition) is 4. The number of fused-ring (bicyclic) bond motifs is 4. The van der Waals surface area contributed by atoms with Gasteiger partial charge in [0.2, 0.25) is 5.88 Å². The Kier molecular flexibility index (Phi) is 3.19. The van der Waals surface area contributed by atoms with Gasteiger partial charge in [-0.1, -0.05) is 42.0 Å². The zero-order valence-electron chi connectivity index (χ0n) is 14.6. The van der Waals surface area contributed by atoms with Crippen LogP contribution in [0.5, 0.6) is 0 Å². The summed E-state index contributed by atoms with van der Waals surface area (Å²) in [4.78, 5) is 2.12. The smallest absolute Gasteiger partial charge is 0.233 e. The standard InChI is InChI=1S/C22H17N3O/c1-14-11-12-20-16(13-14)21-22(26-20)25(18-9-5-3-7-15(18)2)19-10-6-4-8-17(19)23-24-21/h3-13H,1-2H3. The molecule has 2 heterocycles. The zero-order chi connectivity index (χ0) is 17.7. The Morgan fingerprint density at radius 3 is 2.42 bits per heavy atom. The lowest BCUT2D eigenvalue weighted by atomic mass is 10.1. The molecule has 126 valence electrons. The van der Waals surface area contributed by atoms with Crippen molar-refractivity contribution in [2.24, 2.45) is 10.2 Å². The number of rotatable bonds is 1. The summed E-state index contributed by atoms with van der Waals surface area (Å²) in [6.07, 6.45) is 0. The molecule has 26 heavy (non-hydrogen) atoms. The molecule has 1 aliphatic rings. The molecule has 0 unspecified atom stereocenters. The first kappa shape index (κ1) is 14.9. The Morgan fingerprint density at radius 1 is 0.808 bits per heavy atom. The highest BCUT2D eigenvalue weighted by Crippen LogP contribution is 2.51. The van der Waals surface area contributed by atoms with Gasteiger partial charge >= 0.3 is 0 Å². The van der Waals surface area contributed by atoms with Crippen LogP contribution in [0.15, 0.2) is 81.4 Å². The Bertz CT molecular complexity index is 1170. The van der Waals surface area contributed by atoms with Crippen LogP contribution in [0.25, 0.3) is 11.0 Å². The van der Waals surface area contributed by atoms with E-state index < -0.39 is 0 Å². The van der Waals surface area contributed by atoms with Crippen molar-refractivity contribution in [2.45, 2.75) is 13.8 Å². The number of hydrogen-bond donors (Lipinski definition) is 0. The van der Waals surface area contributed by atoms with E-state index in [2.05, 4.69) is 47.2 Å². The average molecular weight is 339 g/mol. The highest BCUT2D eigenvalue weighted by Gasteiger charge is 2.27. The molecule has 4 heteroatoms. The molecule has 0 atom stereocenters. The number of azo groups is 1. The summed E-state index contributed by atoms with van der Waals surface area (Å²) in [6.45, 7) is 4.17. The van der Waals surface area contributed by atoms with Crippen LogP contribution in [-0.4, -0.2) is 0 Å². The van der Waals surface area contributed by atoms with E-state index >= 15 is 0 Å². The van der Waals surface area contributed by atoms with Gasteiger partial charge in [-0.25, -0.2) is 0 Å². The van der Waals surface area contributed by atoms with E-state index in [0.29, 0.717) is 5.88 Å². The molecule has 0 N–H and O–H groups in total. The van der Waals surface area contributed by atoms with Gasteiger partial charge in [0, 0.05) is 0 Å². The fourth-order valence-corrected chi connectivity index (χ4v) is 3.44. The van der Waals surface area contributed by atoms with Gasteiger partial charge < -0.3 is 4.42 Å². The van der Waals surface area contributed by atoms with Gasteiger partial charge in [0.25, 0.3) is 0 Å². The molecule has 0 saturated heterocycles. The third kappa shape index (κ3) is 2.15. The Balaban J connectivity index is 1.88. The number of anilines is 3. The summed E-state index contributed by atoms with van der Waals surface area (Å²) in [5, 5.41) is 10.0. The molecule has 4 nitrogen and oxygen atoms in total. The van der Waals surface area contributed by atoms with Gasteiger partial charge in [0.1, 0.15) is 11.3 Å². The summed E-state index contributed by atoms with van der Waals surface area (Å²) in [5.74, 6) is 0.702. The largest absolute Gasteiger partial charge is 0.437 e. The maximum atomic E-state index is 6.28. The highest BCUT2D eigenvalue weighted by atomic mass is 16.4. The third-order valence-electron chi connectivity index (χ3n) is 4.74. The maximum absolute atomic E-state index is 6.28. The number of furan rings is 1. The highest BCUT2D eigenvalue weighted by molar-refractivity contribution is 6.00. The molecular weight excluding hydrogens is 322 g/mol. The van der Waals surface area contributed by atoms with Crippen LogP contribution in [0.1, 0.15) is 11.1 Å². The summed E-state index contributed by atoms with van der Waals surface area (Å²) < 4.78 is 6.28. The second kappa shape index (κ2) is 5.56. The number of nitrogens with zero attached hydrogens (tertiary/aromatic N) is 3. The Hall–Kier alpha value is -3.40. The number of benzene rings is 3. The van der Waals surface area contributed by atoms with E-state index in [9.17, 15) is 0 Å². The topological polar surface area (TPSA) is 41.1 Å². The van der Waals surface area contributed by atoms with Crippen molar-refractivity contribution in [1.82, 2.24) is 0 Å². The maximum Gasteiger partial charge on any atom is 0.233 e. The van der Waals surface area contributed by atoms with E-state index in [-0.39, 0.29) is 0 Å². The van der Waals surface area contributed by atoms with Crippen LogP contribution in [0.2, 0.25) is 0 Å². The van der Waals surface area contributed by atoms with Crippen molar-refractivity contribution in [3.63, 3.8) is 0 Å². The molecule has 0 spiro atoms. The van der Waals surface area contributed by atoms with E-state index in [1.807, 2.05) is 48.5 Å². The molecular formula is C22H17N3O. The molecule has 1 aromatic heterocycles. The van der Waals surface area contributed by atoms with Crippen molar-refractivity contribution in [1.29, 1.82) is 0 Å². The second-order valence-electron chi connectivity index (χ2n) is 6.57. The van der Waals surface area contributed by atoms with Gasteiger partial charge in [-0.3, -0.25) is 4.90 Å². The first-order valence-corrected chi connectivity index (χ1v) is 8.62. The Morgan fingerprint density at radius 2 is 1.58 bits per heavy atom. The van der Waals surface area contributed by atoms with Gasteiger partial charge in [-0.2, -0.15) is 0 Å². The van der Waals surface area contributed by atoms with Gasteiger partial charge in [-0.15, -0.1) is 10.2 Å². The van der Waals surface area contributed by atoms with E-state index in [1.54, 1.807) is 0 Å². The first-order chi connectivity index (χ1) is 12.7. The number of aryl methyl sites for hydroxylation is 2. The normalized spacial score (nSPS) is 12.8. The quantitative estimate of drug-likeness (QED) is 0.323. The minimum atomic E-state index is 0.702. The molecule has 3 aromatic carbocycles. The molecule has 0 fully saturated rings. The lowest BCUT2D eigenvalue weighted by Crippen LogP contribution is -2.10. The van der Waals surface area contributed by atoms with E-state index in [4.69, 9.17) is 4.42 Å². The molecule has 0 aliphatic carbocycles. The average Bonchev–Trinajstić information content (AvgIpc) is 2.91. The Labute approximate surface area is 151 Å². The first-order valence-electron chi connectivity index (χ1n) is 8.62. The van der Waals surface area contributed by atoms with E-state index in [0.717, 1.165) is 39.3 Å². The predicted octanol–water partition coefficient (Wildman–Crippen LogP) is 7.25. The summed E-state index contributed by atoms with van der Waals surface area (Å²) in [6, 6.07) is 22.4. The van der Waals surface area contributed by atoms with Crippen molar-refractivity contribution < 1.29 is 4.42 Å². The van der Waals surface area contributed by atoms with Crippen LogP contribution < -0.4 is 4.90 Å². The van der Waals surface area contributed by atoms with Crippen LogP contribution in [0.3, 0.4) is 0 Å². The summed E-state index contributed by atoms with van der Waals surface area (Å²) >= 11 is 0. The minimum absolute atomic E-state index is 0.702.